The van der Waals surface area contributed by atoms with Gasteiger partial charge in [0.2, 0.25) is 0 Å². The van der Waals surface area contributed by atoms with Crippen molar-refractivity contribution in [1.82, 2.24) is 0 Å². The molecule has 0 fully saturated rings. The highest BCUT2D eigenvalue weighted by molar-refractivity contribution is 5.56. The zero-order valence-corrected chi connectivity index (χ0v) is 29.3. The maximum Gasteiger partial charge on any atom is 0.189 e. The Morgan fingerprint density at radius 2 is 1.21 bits per heavy atom. The van der Waals surface area contributed by atoms with Crippen LogP contribution in [0.4, 0.5) is 0 Å². The smallest absolute Gasteiger partial charge is 0.189 e. The molecule has 4 unspecified atom stereocenters. The number of phenols is 2. The molecule has 268 valence electrons. The summed E-state index contributed by atoms with van der Waals surface area (Å²) in [5, 5.41) is 63.0. The third kappa shape index (κ3) is 12.4. The average Bonchev–Trinajstić information content (AvgIpc) is 3.06. The fourth-order valence-electron chi connectivity index (χ4n) is 5.51. The van der Waals surface area contributed by atoms with Gasteiger partial charge in [0, 0.05) is 23.1 Å². The van der Waals surface area contributed by atoms with Gasteiger partial charge in [0.15, 0.2) is 29.3 Å². The molecule has 4 atom stereocenters. The molecule has 0 saturated heterocycles. The number of hydrogen-bond acceptors (Lipinski definition) is 10. The zero-order valence-electron chi connectivity index (χ0n) is 29.3. The molecule has 10 nitrogen and oxygen atoms in total. The van der Waals surface area contributed by atoms with E-state index >= 15 is 0 Å². The zero-order chi connectivity index (χ0) is 35.0. The fraction of sp³-hybridized carbons (Fsp3) is 0.676. The van der Waals surface area contributed by atoms with Gasteiger partial charge in [-0.2, -0.15) is 0 Å². The molecule has 0 heterocycles. The highest BCUT2D eigenvalue weighted by atomic mass is 16.6. The van der Waals surface area contributed by atoms with Crippen LogP contribution in [0.25, 0.3) is 0 Å². The molecule has 0 saturated carbocycles. The molecule has 2 rings (SSSR count). The first-order valence-corrected chi connectivity index (χ1v) is 17.2. The SMILES string of the molecule is CCCCC(CC)COCC(O)COc1c(O)cc(C(C)(C)c2cc(O)c(OCC(O)OC(CC)CCCC)c(CO)c2)cc1CO. The molecule has 0 bridgehead atoms. The molecular weight excluding hydrogens is 604 g/mol. The average molecular weight is 665 g/mol. The minimum atomic E-state index is -1.20. The van der Waals surface area contributed by atoms with Crippen LogP contribution in [0, 0.1) is 5.92 Å². The van der Waals surface area contributed by atoms with Gasteiger partial charge in [-0.15, -0.1) is 0 Å². The van der Waals surface area contributed by atoms with Gasteiger partial charge >= 0.3 is 0 Å². The van der Waals surface area contributed by atoms with Crippen molar-refractivity contribution in [1.29, 1.82) is 0 Å². The first-order chi connectivity index (χ1) is 22.4. The van der Waals surface area contributed by atoms with Gasteiger partial charge in [0.1, 0.15) is 19.3 Å². The van der Waals surface area contributed by atoms with E-state index in [-0.39, 0.29) is 48.9 Å². The van der Waals surface area contributed by atoms with E-state index in [0.29, 0.717) is 34.8 Å². The largest absolute Gasteiger partial charge is 0.504 e. The Labute approximate surface area is 281 Å². The van der Waals surface area contributed by atoms with Crippen molar-refractivity contribution in [2.75, 3.05) is 26.4 Å². The van der Waals surface area contributed by atoms with Crippen molar-refractivity contribution in [2.45, 2.75) is 130 Å². The van der Waals surface area contributed by atoms with Gasteiger partial charge in [-0.3, -0.25) is 0 Å². The molecule has 0 radical (unpaired) electrons. The highest BCUT2D eigenvalue weighted by Crippen LogP contribution is 2.43. The summed E-state index contributed by atoms with van der Waals surface area (Å²) in [5.74, 6) is 0.146. The third-order valence-corrected chi connectivity index (χ3v) is 8.76. The van der Waals surface area contributed by atoms with Crippen molar-refractivity contribution in [3.63, 3.8) is 0 Å². The first-order valence-electron chi connectivity index (χ1n) is 17.2. The van der Waals surface area contributed by atoms with Crippen molar-refractivity contribution in [3.05, 3.63) is 46.5 Å². The number of aromatic hydroxyl groups is 2. The van der Waals surface area contributed by atoms with Crippen LogP contribution in [0.1, 0.15) is 115 Å². The number of ether oxygens (including phenoxy) is 4. The monoisotopic (exact) mass is 664 g/mol. The van der Waals surface area contributed by atoms with Gasteiger partial charge in [-0.25, -0.2) is 0 Å². The molecule has 0 aliphatic carbocycles. The Morgan fingerprint density at radius 1 is 0.681 bits per heavy atom. The lowest BCUT2D eigenvalue weighted by Gasteiger charge is -2.29. The topological polar surface area (TPSA) is 158 Å². The van der Waals surface area contributed by atoms with E-state index in [1.165, 1.54) is 12.1 Å². The molecule has 0 aliphatic rings. The lowest BCUT2D eigenvalue weighted by molar-refractivity contribution is -0.154. The van der Waals surface area contributed by atoms with Crippen LogP contribution in [0.15, 0.2) is 24.3 Å². The van der Waals surface area contributed by atoms with Gasteiger partial charge in [0.05, 0.1) is 25.9 Å². The molecule has 0 spiro atoms. The van der Waals surface area contributed by atoms with E-state index in [4.69, 9.17) is 18.9 Å². The van der Waals surface area contributed by atoms with Crippen LogP contribution in [-0.4, -0.2) is 75.6 Å². The second kappa shape index (κ2) is 20.7. The Kier molecular flexibility index (Phi) is 17.9. The highest BCUT2D eigenvalue weighted by Gasteiger charge is 2.29. The van der Waals surface area contributed by atoms with Crippen LogP contribution >= 0.6 is 0 Å². The second-order valence-corrected chi connectivity index (χ2v) is 12.9. The summed E-state index contributed by atoms with van der Waals surface area (Å²) in [4.78, 5) is 0. The first kappa shape index (κ1) is 40.6. The summed E-state index contributed by atoms with van der Waals surface area (Å²) in [5.41, 5.74) is 1.07. The van der Waals surface area contributed by atoms with E-state index in [1.807, 2.05) is 20.8 Å². The van der Waals surface area contributed by atoms with Crippen molar-refractivity contribution < 1.29 is 49.6 Å². The van der Waals surface area contributed by atoms with Crippen molar-refractivity contribution >= 4 is 0 Å². The van der Waals surface area contributed by atoms with Crippen LogP contribution in [-0.2, 0) is 28.1 Å². The molecule has 0 aliphatic heterocycles. The maximum atomic E-state index is 10.9. The molecule has 6 N–H and O–H groups in total. The summed E-state index contributed by atoms with van der Waals surface area (Å²) in [6, 6.07) is 6.43. The van der Waals surface area contributed by atoms with Crippen molar-refractivity contribution in [2.24, 2.45) is 5.92 Å². The second-order valence-electron chi connectivity index (χ2n) is 12.9. The molecule has 2 aromatic rings. The summed E-state index contributed by atoms with van der Waals surface area (Å²) in [6.07, 6.45) is 5.78. The molecule has 10 heteroatoms. The quantitative estimate of drug-likeness (QED) is 0.0729. The molecule has 0 aromatic heterocycles. The van der Waals surface area contributed by atoms with Crippen LogP contribution in [0.5, 0.6) is 23.0 Å². The van der Waals surface area contributed by atoms with E-state index in [9.17, 15) is 30.6 Å². The molecule has 0 amide bonds. The molecular formula is C37H60O10. The van der Waals surface area contributed by atoms with E-state index in [0.717, 1.165) is 51.4 Å². The van der Waals surface area contributed by atoms with E-state index in [1.54, 1.807) is 12.1 Å². The third-order valence-electron chi connectivity index (χ3n) is 8.76. The minimum Gasteiger partial charge on any atom is -0.504 e. The number of hydrogen-bond donors (Lipinski definition) is 6. The Bertz CT molecular complexity index is 1180. The van der Waals surface area contributed by atoms with Crippen LogP contribution in [0.3, 0.4) is 0 Å². The Morgan fingerprint density at radius 3 is 1.70 bits per heavy atom. The lowest BCUT2D eigenvalue weighted by atomic mass is 9.76. The van der Waals surface area contributed by atoms with E-state index in [2.05, 4.69) is 20.8 Å². The van der Waals surface area contributed by atoms with Crippen LogP contribution in [0.2, 0.25) is 0 Å². The predicted octanol–water partition coefficient (Wildman–Crippen LogP) is 6.06. The van der Waals surface area contributed by atoms with Gasteiger partial charge < -0.3 is 49.6 Å². The minimum absolute atomic E-state index is 0.0488. The summed E-state index contributed by atoms with van der Waals surface area (Å²) in [7, 11) is 0. The van der Waals surface area contributed by atoms with Crippen LogP contribution < -0.4 is 9.47 Å². The number of aliphatic hydroxyl groups excluding tert-OH is 4. The van der Waals surface area contributed by atoms with E-state index < -0.39 is 31.0 Å². The standard InChI is InChI=1S/C37H60O10/c1-7-11-13-25(9-3)21-44-22-30(40)23-45-35-26(19-38)15-28(17-32(35)41)37(5,6)29-16-27(20-39)36(33(42)18-29)46-24-34(43)47-31(10-4)14-12-8-2/h15-18,25,30-31,34,38-43H,7-14,19-24H2,1-6H3. The number of benzene rings is 2. The van der Waals surface area contributed by atoms with Gasteiger partial charge in [-0.1, -0.05) is 73.6 Å². The number of unbranched alkanes of at least 4 members (excludes halogenated alkanes) is 2. The molecule has 47 heavy (non-hydrogen) atoms. The Balaban J connectivity index is 2.15. The number of aliphatic hydroxyl groups is 4. The summed E-state index contributed by atoms with van der Waals surface area (Å²) >= 11 is 0. The van der Waals surface area contributed by atoms with Gasteiger partial charge in [0.25, 0.3) is 0 Å². The predicted molar refractivity (Wildman–Crippen MR) is 182 cm³/mol. The fourth-order valence-corrected chi connectivity index (χ4v) is 5.51. The normalized spacial score (nSPS) is 14.5. The van der Waals surface area contributed by atoms with Crippen molar-refractivity contribution in [3.8, 4) is 23.0 Å². The Hall–Kier alpha value is -2.60. The molecule has 2 aromatic carbocycles. The lowest BCUT2D eigenvalue weighted by Crippen LogP contribution is -2.27. The number of phenolic OH excluding ortho intramolecular Hbond substituents is 2. The number of rotatable bonds is 24. The maximum absolute atomic E-state index is 10.9. The summed E-state index contributed by atoms with van der Waals surface area (Å²) < 4.78 is 22.9. The summed E-state index contributed by atoms with van der Waals surface area (Å²) in [6.45, 7) is 11.6. The van der Waals surface area contributed by atoms with Gasteiger partial charge in [-0.05, 0) is 60.6 Å².